The van der Waals surface area contributed by atoms with Gasteiger partial charge in [-0.05, 0) is 25.7 Å². The van der Waals surface area contributed by atoms with Crippen LogP contribution in [0.25, 0.3) is 0 Å². The SMILES string of the molecule is COCCn1ccnc1[C@@H]1CCCN(C(=O)CCN2CCCCCC2=O)C1. The van der Waals surface area contributed by atoms with Crippen molar-refractivity contribution in [2.75, 3.05) is 39.9 Å². The van der Waals surface area contributed by atoms with E-state index in [0.29, 0.717) is 26.0 Å². The minimum absolute atomic E-state index is 0.159. The molecule has 2 amide bonds. The molecule has 2 fully saturated rings. The third kappa shape index (κ3) is 5.31. The molecule has 0 spiro atoms. The Kier molecular flexibility index (Phi) is 7.26. The van der Waals surface area contributed by atoms with Crippen molar-refractivity contribution in [2.45, 2.75) is 57.4 Å². The highest BCUT2D eigenvalue weighted by Crippen LogP contribution is 2.26. The van der Waals surface area contributed by atoms with Crippen LogP contribution in [0.2, 0.25) is 0 Å². The number of aromatic nitrogens is 2. The van der Waals surface area contributed by atoms with E-state index in [1.807, 2.05) is 22.2 Å². The number of nitrogens with zero attached hydrogens (tertiary/aromatic N) is 4. The molecule has 27 heavy (non-hydrogen) atoms. The van der Waals surface area contributed by atoms with Gasteiger partial charge in [0.2, 0.25) is 11.8 Å². The summed E-state index contributed by atoms with van der Waals surface area (Å²) in [7, 11) is 1.70. The van der Waals surface area contributed by atoms with Gasteiger partial charge in [-0.2, -0.15) is 0 Å². The highest BCUT2D eigenvalue weighted by atomic mass is 16.5. The Morgan fingerprint density at radius 3 is 2.96 bits per heavy atom. The summed E-state index contributed by atoms with van der Waals surface area (Å²) in [5.41, 5.74) is 0. The quantitative estimate of drug-likeness (QED) is 0.730. The second-order valence-corrected chi connectivity index (χ2v) is 7.59. The van der Waals surface area contributed by atoms with Crippen molar-refractivity contribution in [1.82, 2.24) is 19.4 Å². The molecule has 0 unspecified atom stereocenters. The van der Waals surface area contributed by atoms with Crippen LogP contribution < -0.4 is 0 Å². The van der Waals surface area contributed by atoms with Crippen molar-refractivity contribution >= 4 is 11.8 Å². The van der Waals surface area contributed by atoms with Gasteiger partial charge in [-0.1, -0.05) is 6.42 Å². The molecule has 7 nitrogen and oxygen atoms in total. The number of ether oxygens (including phenoxy) is 1. The van der Waals surface area contributed by atoms with Gasteiger partial charge in [0.1, 0.15) is 5.82 Å². The molecule has 0 radical (unpaired) electrons. The fourth-order valence-corrected chi connectivity index (χ4v) is 4.14. The van der Waals surface area contributed by atoms with Crippen molar-refractivity contribution in [1.29, 1.82) is 0 Å². The summed E-state index contributed by atoms with van der Waals surface area (Å²) in [6.07, 6.45) is 10.1. The van der Waals surface area contributed by atoms with E-state index in [-0.39, 0.29) is 17.7 Å². The van der Waals surface area contributed by atoms with Crippen LogP contribution in [0, 0.1) is 0 Å². The fraction of sp³-hybridized carbons (Fsp3) is 0.750. The molecule has 3 rings (SSSR count). The summed E-state index contributed by atoms with van der Waals surface area (Å²) in [5, 5.41) is 0. The lowest BCUT2D eigenvalue weighted by molar-refractivity contribution is -0.135. The van der Waals surface area contributed by atoms with Crippen molar-refractivity contribution < 1.29 is 14.3 Å². The van der Waals surface area contributed by atoms with Gasteiger partial charge in [-0.3, -0.25) is 9.59 Å². The van der Waals surface area contributed by atoms with Crippen LogP contribution >= 0.6 is 0 Å². The van der Waals surface area contributed by atoms with Gasteiger partial charge in [0.15, 0.2) is 0 Å². The van der Waals surface area contributed by atoms with Gasteiger partial charge in [0, 0.05) is 71.0 Å². The normalized spacial score (nSPS) is 21.4. The van der Waals surface area contributed by atoms with Gasteiger partial charge in [0.05, 0.1) is 6.61 Å². The number of amides is 2. The molecule has 2 aliphatic heterocycles. The number of piperidine rings is 1. The predicted molar refractivity (Wildman–Crippen MR) is 102 cm³/mol. The van der Waals surface area contributed by atoms with Gasteiger partial charge in [-0.15, -0.1) is 0 Å². The third-order valence-electron chi connectivity index (χ3n) is 5.69. The number of carbonyl (C=O) groups excluding carboxylic acids is 2. The van der Waals surface area contributed by atoms with Crippen LogP contribution in [0.1, 0.15) is 56.7 Å². The minimum atomic E-state index is 0.159. The number of hydrogen-bond acceptors (Lipinski definition) is 4. The van der Waals surface area contributed by atoms with Crippen LogP contribution in [0.4, 0.5) is 0 Å². The average Bonchev–Trinajstić information content (AvgIpc) is 3.07. The Hall–Kier alpha value is -1.89. The van der Waals surface area contributed by atoms with Gasteiger partial charge >= 0.3 is 0 Å². The average molecular weight is 377 g/mol. The zero-order valence-corrected chi connectivity index (χ0v) is 16.4. The standard InChI is InChI=1S/C20H32N4O3/c1-27-15-14-23-13-9-21-20(23)17-6-5-11-24(16-17)19(26)8-12-22-10-4-2-3-7-18(22)25/h9,13,17H,2-8,10-12,14-16H2,1H3/t17-/m1/s1. The maximum atomic E-state index is 12.7. The summed E-state index contributed by atoms with van der Waals surface area (Å²) in [5.74, 6) is 1.69. The fourth-order valence-electron chi connectivity index (χ4n) is 4.14. The van der Waals surface area contributed by atoms with Gasteiger partial charge in [0.25, 0.3) is 0 Å². The molecule has 0 aliphatic carbocycles. The van der Waals surface area contributed by atoms with Crippen LogP contribution in [0.5, 0.6) is 0 Å². The number of hydrogen-bond donors (Lipinski definition) is 0. The molecule has 1 aromatic rings. The van der Waals surface area contributed by atoms with Crippen molar-refractivity contribution in [2.24, 2.45) is 0 Å². The molecule has 3 heterocycles. The summed E-state index contributed by atoms with van der Waals surface area (Å²) in [6.45, 7) is 4.32. The van der Waals surface area contributed by atoms with Crippen LogP contribution in [0.15, 0.2) is 12.4 Å². The Bertz CT molecular complexity index is 630. The molecule has 2 aliphatic rings. The lowest BCUT2D eigenvalue weighted by Crippen LogP contribution is -2.42. The maximum absolute atomic E-state index is 12.7. The van der Waals surface area contributed by atoms with Crippen molar-refractivity contribution in [3.8, 4) is 0 Å². The summed E-state index contributed by atoms with van der Waals surface area (Å²) < 4.78 is 7.32. The molecular formula is C20H32N4O3. The first-order chi connectivity index (χ1) is 13.2. The van der Waals surface area contributed by atoms with E-state index >= 15 is 0 Å². The predicted octanol–water partition coefficient (Wildman–Crippen LogP) is 2.03. The van der Waals surface area contributed by atoms with Gasteiger partial charge in [-0.25, -0.2) is 4.98 Å². The number of carbonyl (C=O) groups is 2. The minimum Gasteiger partial charge on any atom is -0.383 e. The Labute approximate surface area is 161 Å². The summed E-state index contributed by atoms with van der Waals surface area (Å²) in [6, 6.07) is 0. The Morgan fingerprint density at radius 2 is 2.11 bits per heavy atom. The molecule has 1 aromatic heterocycles. The first-order valence-corrected chi connectivity index (χ1v) is 10.2. The Morgan fingerprint density at radius 1 is 1.22 bits per heavy atom. The van der Waals surface area contributed by atoms with E-state index < -0.39 is 0 Å². The van der Waals surface area contributed by atoms with E-state index in [1.165, 1.54) is 0 Å². The summed E-state index contributed by atoms with van der Waals surface area (Å²) in [4.78, 5) is 33.2. The summed E-state index contributed by atoms with van der Waals surface area (Å²) >= 11 is 0. The molecule has 150 valence electrons. The molecule has 0 aromatic carbocycles. The zero-order chi connectivity index (χ0) is 19.1. The molecule has 7 heteroatoms. The van der Waals surface area contributed by atoms with E-state index in [0.717, 1.165) is 64.1 Å². The molecule has 1 atom stereocenters. The third-order valence-corrected chi connectivity index (χ3v) is 5.69. The lowest BCUT2D eigenvalue weighted by atomic mass is 9.96. The number of imidazole rings is 1. The molecule has 0 saturated carbocycles. The molecular weight excluding hydrogens is 344 g/mol. The zero-order valence-electron chi connectivity index (χ0n) is 16.4. The monoisotopic (exact) mass is 376 g/mol. The van der Waals surface area contributed by atoms with E-state index in [2.05, 4.69) is 9.55 Å². The second-order valence-electron chi connectivity index (χ2n) is 7.59. The highest BCUT2D eigenvalue weighted by Gasteiger charge is 2.28. The second kappa shape index (κ2) is 9.88. The highest BCUT2D eigenvalue weighted by molar-refractivity contribution is 5.79. The number of methoxy groups -OCH3 is 1. The first kappa shape index (κ1) is 19.9. The van der Waals surface area contributed by atoms with E-state index in [9.17, 15) is 9.59 Å². The largest absolute Gasteiger partial charge is 0.383 e. The number of rotatable bonds is 7. The van der Waals surface area contributed by atoms with Crippen molar-refractivity contribution in [3.05, 3.63) is 18.2 Å². The Balaban J connectivity index is 1.53. The van der Waals surface area contributed by atoms with Crippen LogP contribution in [-0.4, -0.2) is 71.1 Å². The molecule has 0 N–H and O–H groups in total. The smallest absolute Gasteiger partial charge is 0.224 e. The number of likely N-dealkylation sites (tertiary alicyclic amines) is 2. The van der Waals surface area contributed by atoms with Gasteiger partial charge < -0.3 is 19.1 Å². The lowest BCUT2D eigenvalue weighted by Gasteiger charge is -2.33. The molecule has 2 saturated heterocycles. The van der Waals surface area contributed by atoms with E-state index in [1.54, 1.807) is 7.11 Å². The van der Waals surface area contributed by atoms with Crippen LogP contribution in [-0.2, 0) is 20.9 Å². The first-order valence-electron chi connectivity index (χ1n) is 10.2. The van der Waals surface area contributed by atoms with E-state index in [4.69, 9.17) is 4.74 Å². The van der Waals surface area contributed by atoms with Crippen LogP contribution in [0.3, 0.4) is 0 Å². The van der Waals surface area contributed by atoms with Crippen molar-refractivity contribution in [3.63, 3.8) is 0 Å². The topological polar surface area (TPSA) is 67.7 Å². The molecule has 0 bridgehead atoms. The maximum Gasteiger partial charge on any atom is 0.224 e.